The number of carbonyl (C=O) groups is 2. The largest absolute Gasteiger partial charge is 0.463 e. The van der Waals surface area contributed by atoms with Gasteiger partial charge in [0.2, 0.25) is 0 Å². The van der Waals surface area contributed by atoms with Crippen LogP contribution in [0.2, 0.25) is 0 Å². The van der Waals surface area contributed by atoms with Crippen LogP contribution in [0.5, 0.6) is 0 Å². The zero-order valence-corrected chi connectivity index (χ0v) is 13.5. The molecule has 2 unspecified atom stereocenters. The van der Waals surface area contributed by atoms with Crippen molar-refractivity contribution < 1.29 is 43.0 Å². The Kier molecular flexibility index (Phi) is 8.95. The van der Waals surface area contributed by atoms with E-state index in [1.54, 1.807) is 6.92 Å². The van der Waals surface area contributed by atoms with Crippen LogP contribution in [0, 0.1) is 0 Å². The van der Waals surface area contributed by atoms with Crippen LogP contribution >= 0.6 is 15.2 Å². The molecule has 128 valence electrons. The standard InChI is InChI=1S/C10H19NO9P2/c1-2-20-9(13)5-3-4-8(21(14,15)16)10(11-6-7-12)22(17,18)19/h3,5,7-8,10-11H,2,4,6H2,1H3,(H2,14,15,16)(H2,17,18,19). The van der Waals surface area contributed by atoms with Crippen LogP contribution in [0.4, 0.5) is 0 Å². The van der Waals surface area contributed by atoms with Gasteiger partial charge in [-0.25, -0.2) is 4.79 Å². The first-order valence-corrected chi connectivity index (χ1v) is 9.51. The van der Waals surface area contributed by atoms with Crippen molar-refractivity contribution in [3.8, 4) is 0 Å². The van der Waals surface area contributed by atoms with Crippen molar-refractivity contribution in [1.29, 1.82) is 0 Å². The first kappa shape index (κ1) is 21.1. The zero-order chi connectivity index (χ0) is 17.4. The zero-order valence-electron chi connectivity index (χ0n) is 11.7. The quantitative estimate of drug-likeness (QED) is 0.146. The van der Waals surface area contributed by atoms with Crippen LogP contribution in [0.25, 0.3) is 0 Å². The SMILES string of the molecule is CCOC(=O)C=CCC(C(NCC=O)P(=O)(O)O)P(=O)(O)O. The maximum absolute atomic E-state index is 11.5. The van der Waals surface area contributed by atoms with E-state index < -0.39 is 45.6 Å². The van der Waals surface area contributed by atoms with E-state index >= 15 is 0 Å². The molecule has 0 aliphatic carbocycles. The summed E-state index contributed by atoms with van der Waals surface area (Å²) < 4.78 is 27.4. The van der Waals surface area contributed by atoms with Crippen molar-refractivity contribution in [2.75, 3.05) is 13.2 Å². The molecule has 0 amide bonds. The fourth-order valence-electron chi connectivity index (χ4n) is 1.59. The minimum atomic E-state index is -4.95. The van der Waals surface area contributed by atoms with Gasteiger partial charge in [0.05, 0.1) is 18.8 Å². The lowest BCUT2D eigenvalue weighted by Gasteiger charge is -2.27. The topological polar surface area (TPSA) is 170 Å². The minimum absolute atomic E-state index is 0.108. The molecular weight excluding hydrogens is 340 g/mol. The Hall–Kier alpha value is -0.860. The fourth-order valence-corrected chi connectivity index (χ4v) is 4.42. The second-order valence-corrected chi connectivity index (χ2v) is 7.73. The summed E-state index contributed by atoms with van der Waals surface area (Å²) in [5.41, 5.74) is -1.81. The predicted molar refractivity (Wildman–Crippen MR) is 76.1 cm³/mol. The van der Waals surface area contributed by atoms with Gasteiger partial charge < -0.3 is 29.1 Å². The van der Waals surface area contributed by atoms with Crippen molar-refractivity contribution in [2.45, 2.75) is 24.8 Å². The normalized spacial score (nSPS) is 15.5. The van der Waals surface area contributed by atoms with E-state index in [-0.39, 0.29) is 6.61 Å². The smallest absolute Gasteiger partial charge is 0.343 e. The van der Waals surface area contributed by atoms with Crippen molar-refractivity contribution in [1.82, 2.24) is 5.32 Å². The van der Waals surface area contributed by atoms with Crippen molar-refractivity contribution in [3.63, 3.8) is 0 Å². The second kappa shape index (κ2) is 9.32. The Balaban J connectivity index is 5.24. The highest BCUT2D eigenvalue weighted by molar-refractivity contribution is 7.57. The molecule has 0 saturated heterocycles. The van der Waals surface area contributed by atoms with Gasteiger partial charge in [-0.2, -0.15) is 0 Å². The lowest BCUT2D eigenvalue weighted by Crippen LogP contribution is -2.40. The molecule has 0 fully saturated rings. The van der Waals surface area contributed by atoms with E-state index in [0.29, 0.717) is 6.29 Å². The number of rotatable bonds is 10. The lowest BCUT2D eigenvalue weighted by atomic mass is 10.2. The van der Waals surface area contributed by atoms with Gasteiger partial charge in [-0.05, 0) is 13.3 Å². The second-order valence-electron chi connectivity index (χ2n) is 4.16. The summed E-state index contributed by atoms with van der Waals surface area (Å²) in [5.74, 6) is -2.68. The molecule has 0 heterocycles. The third-order valence-corrected chi connectivity index (χ3v) is 5.36. The Labute approximate surface area is 126 Å². The van der Waals surface area contributed by atoms with Crippen molar-refractivity contribution in [2.24, 2.45) is 0 Å². The highest BCUT2D eigenvalue weighted by Crippen LogP contribution is 2.54. The molecule has 0 rings (SSSR count). The summed E-state index contributed by atoms with van der Waals surface area (Å²) in [5, 5.41) is 2.11. The van der Waals surface area contributed by atoms with Crippen LogP contribution in [-0.4, -0.2) is 56.4 Å². The molecule has 0 aromatic heterocycles. The molecule has 10 nitrogen and oxygen atoms in total. The number of carbonyl (C=O) groups excluding carboxylic acids is 2. The molecule has 0 aliphatic rings. The van der Waals surface area contributed by atoms with Crippen LogP contribution in [0.1, 0.15) is 13.3 Å². The number of nitrogens with one attached hydrogen (secondary N) is 1. The van der Waals surface area contributed by atoms with Crippen molar-refractivity contribution >= 4 is 27.4 Å². The molecule has 0 aliphatic heterocycles. The maximum atomic E-state index is 11.5. The van der Waals surface area contributed by atoms with E-state index in [1.165, 1.54) is 0 Å². The summed E-state index contributed by atoms with van der Waals surface area (Å²) in [6.07, 6.45) is 1.76. The molecule has 0 saturated carbocycles. The van der Waals surface area contributed by atoms with Gasteiger partial charge in [-0.15, -0.1) is 0 Å². The number of allylic oxidation sites excluding steroid dienone is 1. The van der Waals surface area contributed by atoms with E-state index in [4.69, 9.17) is 0 Å². The highest BCUT2D eigenvalue weighted by Gasteiger charge is 2.44. The third kappa shape index (κ3) is 7.95. The van der Waals surface area contributed by atoms with Gasteiger partial charge in [0.15, 0.2) is 0 Å². The highest BCUT2D eigenvalue weighted by atomic mass is 31.2. The van der Waals surface area contributed by atoms with Crippen LogP contribution in [0.3, 0.4) is 0 Å². The first-order chi connectivity index (χ1) is 10.0. The predicted octanol–water partition coefficient (Wildman–Crippen LogP) is -0.666. The number of ether oxygens (including phenoxy) is 1. The average molecular weight is 359 g/mol. The maximum Gasteiger partial charge on any atom is 0.343 e. The van der Waals surface area contributed by atoms with E-state index in [9.17, 15) is 38.3 Å². The van der Waals surface area contributed by atoms with Gasteiger partial charge in [0.25, 0.3) is 0 Å². The molecule has 0 bridgehead atoms. The molecule has 0 radical (unpaired) electrons. The van der Waals surface area contributed by atoms with E-state index in [1.807, 2.05) is 0 Å². The van der Waals surface area contributed by atoms with Gasteiger partial charge in [-0.1, -0.05) is 6.08 Å². The van der Waals surface area contributed by atoms with Gasteiger partial charge in [0, 0.05) is 6.08 Å². The molecule has 2 atom stereocenters. The molecule has 5 N–H and O–H groups in total. The van der Waals surface area contributed by atoms with Gasteiger partial charge in [0.1, 0.15) is 12.1 Å². The van der Waals surface area contributed by atoms with Crippen LogP contribution < -0.4 is 5.32 Å². The molecular formula is C10H19NO9P2. The fraction of sp³-hybridized carbons (Fsp3) is 0.600. The van der Waals surface area contributed by atoms with Gasteiger partial charge in [-0.3, -0.25) is 14.4 Å². The third-order valence-electron chi connectivity index (χ3n) is 2.49. The summed E-state index contributed by atoms with van der Waals surface area (Å²) in [6, 6.07) is 0. The van der Waals surface area contributed by atoms with E-state index in [2.05, 4.69) is 10.1 Å². The molecule has 12 heteroatoms. The first-order valence-electron chi connectivity index (χ1n) is 6.14. The van der Waals surface area contributed by atoms with Crippen LogP contribution in [-0.2, 0) is 23.5 Å². The summed E-state index contributed by atoms with van der Waals surface area (Å²) >= 11 is 0. The molecule has 0 spiro atoms. The average Bonchev–Trinajstić information content (AvgIpc) is 2.34. The summed E-state index contributed by atoms with van der Waals surface area (Å²) in [6.45, 7) is 1.18. The Morgan fingerprint density at radius 1 is 1.23 bits per heavy atom. The van der Waals surface area contributed by atoms with Crippen molar-refractivity contribution in [3.05, 3.63) is 12.2 Å². The summed E-state index contributed by atoms with van der Waals surface area (Å²) in [4.78, 5) is 58.3. The number of hydrogen-bond donors (Lipinski definition) is 5. The van der Waals surface area contributed by atoms with E-state index in [0.717, 1.165) is 12.2 Å². The summed E-state index contributed by atoms with van der Waals surface area (Å²) in [7, 11) is -9.87. The van der Waals surface area contributed by atoms with Gasteiger partial charge >= 0.3 is 21.2 Å². The number of hydrogen-bond acceptors (Lipinski definition) is 6. The monoisotopic (exact) mass is 359 g/mol. The molecule has 0 aromatic rings. The number of esters is 1. The molecule has 22 heavy (non-hydrogen) atoms. The van der Waals surface area contributed by atoms with Crippen LogP contribution in [0.15, 0.2) is 12.2 Å². The molecule has 0 aromatic carbocycles. The Morgan fingerprint density at radius 3 is 2.23 bits per heavy atom. The number of aldehydes is 1. The Morgan fingerprint density at radius 2 is 1.82 bits per heavy atom. The Bertz CT molecular complexity index is 495. The lowest BCUT2D eigenvalue weighted by molar-refractivity contribution is -0.137. The minimum Gasteiger partial charge on any atom is -0.463 e.